The molecule has 3 N–H and O–H groups in total. The highest BCUT2D eigenvalue weighted by Gasteiger charge is 2.13. The molecule has 2 rings (SSSR count). The molecule has 0 fully saturated rings. The Kier molecular flexibility index (Phi) is 4.95. The molecule has 0 spiro atoms. The Morgan fingerprint density at radius 2 is 2.00 bits per heavy atom. The highest BCUT2D eigenvalue weighted by atomic mass is 79.9. The lowest BCUT2D eigenvalue weighted by Crippen LogP contribution is -2.29. The van der Waals surface area contributed by atoms with Crippen molar-refractivity contribution in [1.82, 2.24) is 5.43 Å². The predicted molar refractivity (Wildman–Crippen MR) is 81.6 cm³/mol. The molecule has 0 aliphatic rings. The lowest BCUT2D eigenvalue weighted by molar-refractivity contribution is 0.555. The van der Waals surface area contributed by atoms with E-state index in [1.54, 1.807) is 11.3 Å². The van der Waals surface area contributed by atoms with Crippen molar-refractivity contribution in [3.05, 3.63) is 56.2 Å². The minimum Gasteiger partial charge on any atom is -0.271 e. The number of benzene rings is 1. The van der Waals surface area contributed by atoms with Gasteiger partial charge in [0.05, 0.1) is 6.04 Å². The number of thiophene rings is 1. The van der Waals surface area contributed by atoms with E-state index in [0.717, 1.165) is 17.3 Å². The average Bonchev–Trinajstić information content (AvgIpc) is 2.81. The van der Waals surface area contributed by atoms with Crippen molar-refractivity contribution in [2.24, 2.45) is 5.84 Å². The van der Waals surface area contributed by atoms with Crippen LogP contribution in [0.1, 0.15) is 29.0 Å². The number of nitrogens with two attached hydrogens (primary N) is 1. The van der Waals surface area contributed by atoms with Crippen LogP contribution in [-0.2, 0) is 12.8 Å². The topological polar surface area (TPSA) is 38.0 Å². The second-order valence-electron chi connectivity index (χ2n) is 4.21. The summed E-state index contributed by atoms with van der Waals surface area (Å²) < 4.78 is 1.16. The van der Waals surface area contributed by atoms with Crippen LogP contribution < -0.4 is 11.3 Å². The monoisotopic (exact) mass is 324 g/mol. The molecule has 4 heteroatoms. The summed E-state index contributed by atoms with van der Waals surface area (Å²) in [7, 11) is 0. The van der Waals surface area contributed by atoms with Gasteiger partial charge in [-0.25, -0.2) is 0 Å². The minimum absolute atomic E-state index is 0.158. The van der Waals surface area contributed by atoms with Gasteiger partial charge in [-0.3, -0.25) is 11.3 Å². The highest BCUT2D eigenvalue weighted by Crippen LogP contribution is 2.28. The molecule has 1 aromatic carbocycles. The van der Waals surface area contributed by atoms with Gasteiger partial charge < -0.3 is 0 Å². The van der Waals surface area contributed by atoms with Crippen LogP contribution in [0.25, 0.3) is 0 Å². The summed E-state index contributed by atoms with van der Waals surface area (Å²) in [6, 6.07) is 10.9. The summed E-state index contributed by atoms with van der Waals surface area (Å²) in [6.07, 6.45) is 1.97. The van der Waals surface area contributed by atoms with E-state index >= 15 is 0 Å². The smallest absolute Gasteiger partial charge is 0.0508 e. The van der Waals surface area contributed by atoms with Gasteiger partial charge in [0.2, 0.25) is 0 Å². The zero-order chi connectivity index (χ0) is 13.0. The summed E-state index contributed by atoms with van der Waals surface area (Å²) in [5.41, 5.74) is 5.49. The second kappa shape index (κ2) is 6.48. The highest BCUT2D eigenvalue weighted by molar-refractivity contribution is 9.10. The summed E-state index contributed by atoms with van der Waals surface area (Å²) in [5, 5.41) is 2.09. The van der Waals surface area contributed by atoms with Gasteiger partial charge in [0.15, 0.2) is 0 Å². The number of hydrogen-bond acceptors (Lipinski definition) is 3. The summed E-state index contributed by atoms with van der Waals surface area (Å²) in [4.78, 5) is 1.32. The van der Waals surface area contributed by atoms with Crippen molar-refractivity contribution < 1.29 is 0 Å². The van der Waals surface area contributed by atoms with Crippen LogP contribution in [-0.4, -0.2) is 0 Å². The number of aryl methyl sites for hydroxylation is 1. The molecule has 0 amide bonds. The van der Waals surface area contributed by atoms with Gasteiger partial charge in [0.25, 0.3) is 0 Å². The molecule has 96 valence electrons. The van der Waals surface area contributed by atoms with E-state index in [9.17, 15) is 0 Å². The van der Waals surface area contributed by atoms with Crippen LogP contribution in [0.5, 0.6) is 0 Å². The van der Waals surface area contributed by atoms with Crippen LogP contribution >= 0.6 is 27.3 Å². The van der Waals surface area contributed by atoms with Crippen LogP contribution in [0.3, 0.4) is 0 Å². The van der Waals surface area contributed by atoms with Gasteiger partial charge in [-0.2, -0.15) is 0 Å². The van der Waals surface area contributed by atoms with Gasteiger partial charge in [-0.05, 0) is 44.9 Å². The third-order valence-corrected chi connectivity index (χ3v) is 5.02. The fraction of sp³-hybridized carbons (Fsp3) is 0.286. The molecular weight excluding hydrogens is 308 g/mol. The van der Waals surface area contributed by atoms with Crippen molar-refractivity contribution >= 4 is 27.3 Å². The maximum absolute atomic E-state index is 5.68. The van der Waals surface area contributed by atoms with E-state index in [4.69, 9.17) is 5.84 Å². The van der Waals surface area contributed by atoms with Crippen molar-refractivity contribution in [1.29, 1.82) is 0 Å². The Balaban J connectivity index is 2.15. The summed E-state index contributed by atoms with van der Waals surface area (Å²) in [5.74, 6) is 5.68. The molecule has 0 saturated carbocycles. The molecule has 2 nitrogen and oxygen atoms in total. The average molecular weight is 325 g/mol. The molecular formula is C14H17BrN2S. The van der Waals surface area contributed by atoms with Crippen LogP contribution in [0.4, 0.5) is 0 Å². The number of rotatable bonds is 5. The van der Waals surface area contributed by atoms with Gasteiger partial charge in [0, 0.05) is 15.8 Å². The first-order valence-corrected chi connectivity index (χ1v) is 7.68. The third-order valence-electron chi connectivity index (χ3n) is 3.07. The number of halogens is 1. The fourth-order valence-corrected chi connectivity index (χ4v) is 3.48. The number of hydrogen-bond donors (Lipinski definition) is 2. The van der Waals surface area contributed by atoms with Gasteiger partial charge >= 0.3 is 0 Å². The zero-order valence-corrected chi connectivity index (χ0v) is 12.7. The van der Waals surface area contributed by atoms with E-state index < -0.39 is 0 Å². The minimum atomic E-state index is 0.158. The van der Waals surface area contributed by atoms with E-state index in [1.165, 1.54) is 16.0 Å². The lowest BCUT2D eigenvalue weighted by atomic mass is 10.0. The van der Waals surface area contributed by atoms with E-state index in [0.29, 0.717) is 0 Å². The molecule has 1 unspecified atom stereocenters. The maximum atomic E-state index is 5.68. The third kappa shape index (κ3) is 3.20. The first-order valence-electron chi connectivity index (χ1n) is 6.01. The van der Waals surface area contributed by atoms with Gasteiger partial charge in [-0.15, -0.1) is 11.3 Å². The van der Waals surface area contributed by atoms with Crippen LogP contribution in [0.15, 0.2) is 40.2 Å². The molecule has 18 heavy (non-hydrogen) atoms. The second-order valence-corrected chi connectivity index (χ2v) is 6.07. The Hall–Kier alpha value is -0.680. The molecule has 1 heterocycles. The Bertz CT molecular complexity index is 493. The first kappa shape index (κ1) is 13.7. The van der Waals surface area contributed by atoms with E-state index in [1.807, 2.05) is 0 Å². The van der Waals surface area contributed by atoms with Crippen LogP contribution in [0, 0.1) is 0 Å². The van der Waals surface area contributed by atoms with Crippen molar-refractivity contribution in [3.8, 4) is 0 Å². The Morgan fingerprint density at radius 3 is 2.50 bits per heavy atom. The Morgan fingerprint density at radius 1 is 1.28 bits per heavy atom. The van der Waals surface area contributed by atoms with Crippen molar-refractivity contribution in [2.75, 3.05) is 0 Å². The molecule has 0 aliphatic carbocycles. The van der Waals surface area contributed by atoms with Crippen molar-refractivity contribution in [2.45, 2.75) is 25.8 Å². The number of nitrogens with one attached hydrogen (secondary N) is 1. The van der Waals surface area contributed by atoms with E-state index in [2.05, 4.69) is 64.0 Å². The first-order chi connectivity index (χ1) is 8.74. The molecule has 0 saturated heterocycles. The molecule has 0 bridgehead atoms. The SMILES string of the molecule is CCc1ccc(C(Cc2sccc2Br)NN)cc1. The summed E-state index contributed by atoms with van der Waals surface area (Å²) in [6.45, 7) is 2.16. The molecule has 1 atom stereocenters. The van der Waals surface area contributed by atoms with Crippen LogP contribution in [0.2, 0.25) is 0 Å². The molecule has 2 aromatic rings. The molecule has 1 aromatic heterocycles. The largest absolute Gasteiger partial charge is 0.271 e. The van der Waals surface area contributed by atoms with Crippen molar-refractivity contribution in [3.63, 3.8) is 0 Å². The number of hydrazine groups is 1. The van der Waals surface area contributed by atoms with Gasteiger partial charge in [-0.1, -0.05) is 31.2 Å². The zero-order valence-electron chi connectivity index (χ0n) is 10.3. The maximum Gasteiger partial charge on any atom is 0.0508 e. The lowest BCUT2D eigenvalue weighted by Gasteiger charge is -2.16. The molecule has 0 radical (unpaired) electrons. The normalized spacial score (nSPS) is 12.6. The Labute approximate surface area is 120 Å². The fourth-order valence-electron chi connectivity index (χ4n) is 1.91. The van der Waals surface area contributed by atoms with Gasteiger partial charge in [0.1, 0.15) is 0 Å². The summed E-state index contributed by atoms with van der Waals surface area (Å²) >= 11 is 5.31. The standard InChI is InChI=1S/C14H17BrN2S/c1-2-10-3-5-11(6-4-10)13(17-16)9-14-12(15)7-8-18-14/h3-8,13,17H,2,9,16H2,1H3. The quantitative estimate of drug-likeness (QED) is 0.648. The molecule has 0 aliphatic heterocycles. The predicted octanol–water partition coefficient (Wildman–Crippen LogP) is 3.82. The van der Waals surface area contributed by atoms with E-state index in [-0.39, 0.29) is 6.04 Å².